The molecule has 0 spiro atoms. The van der Waals surface area contributed by atoms with Gasteiger partial charge in [-0.1, -0.05) is 0 Å². The van der Waals surface area contributed by atoms with Crippen LogP contribution in [-0.2, 0) is 19.6 Å². The van der Waals surface area contributed by atoms with Crippen LogP contribution in [0.3, 0.4) is 0 Å². The van der Waals surface area contributed by atoms with Crippen LogP contribution in [0, 0.1) is 17.3 Å². The molecule has 5 aliphatic rings. The van der Waals surface area contributed by atoms with Gasteiger partial charge in [-0.25, -0.2) is 9.59 Å². The van der Waals surface area contributed by atoms with E-state index in [1.807, 2.05) is 0 Å². The predicted octanol–water partition coefficient (Wildman–Crippen LogP) is 2.88. The van der Waals surface area contributed by atoms with Gasteiger partial charge in [0.05, 0.1) is 34.3 Å². The summed E-state index contributed by atoms with van der Waals surface area (Å²) in [4.78, 5) is 25.1. The fourth-order valence-corrected chi connectivity index (χ4v) is 7.79. The van der Waals surface area contributed by atoms with Crippen molar-refractivity contribution in [3.8, 4) is 0 Å². The normalized spacial score (nSPS) is 36.1. The van der Waals surface area contributed by atoms with Crippen LogP contribution in [0.2, 0.25) is 0 Å². The summed E-state index contributed by atoms with van der Waals surface area (Å²) < 4.78 is 44.3. The maximum atomic E-state index is 13.0. The number of esters is 2. The predicted molar refractivity (Wildman–Crippen MR) is 122 cm³/mol. The first kappa shape index (κ1) is 24.7. The summed E-state index contributed by atoms with van der Waals surface area (Å²) in [7, 11) is -4.70. The second-order valence-corrected chi connectivity index (χ2v) is 12.7. The largest absolute Gasteiger partial charge is 0.462 e. The van der Waals surface area contributed by atoms with Crippen molar-refractivity contribution in [1.29, 1.82) is 0 Å². The van der Waals surface area contributed by atoms with Gasteiger partial charge in [0, 0.05) is 5.41 Å². The quantitative estimate of drug-likeness (QED) is 0.390. The van der Waals surface area contributed by atoms with E-state index in [0.717, 1.165) is 44.2 Å². The highest BCUT2D eigenvalue weighted by Gasteiger charge is 2.57. The molecule has 10 heteroatoms. The van der Waals surface area contributed by atoms with Gasteiger partial charge in [-0.05, 0) is 94.2 Å². The Balaban J connectivity index is 1.32. The van der Waals surface area contributed by atoms with Crippen LogP contribution in [0.4, 0.5) is 0 Å². The van der Waals surface area contributed by atoms with Crippen molar-refractivity contribution in [3.63, 3.8) is 0 Å². The number of aliphatic hydroxyl groups is 2. The van der Waals surface area contributed by atoms with E-state index < -0.39 is 44.8 Å². The fourth-order valence-electron chi connectivity index (χ4n) is 7.24. The number of hydrogen-bond acceptors (Lipinski definition) is 8. The third-order valence-electron chi connectivity index (χ3n) is 8.25. The molecule has 0 heterocycles. The van der Waals surface area contributed by atoms with Crippen LogP contribution in [0.1, 0.15) is 84.9 Å². The molecule has 0 radical (unpaired) electrons. The van der Waals surface area contributed by atoms with Crippen molar-refractivity contribution in [2.45, 2.75) is 86.9 Å². The lowest BCUT2D eigenvalue weighted by Crippen LogP contribution is -2.57. The standard InChI is InChI=1S/C25H32O9S/c26-19-1-3-20(4-2-19)34-23(28)18-6-17(7-21(8-18)35(30,31)32)22(27)33-14-24-9-15-5-16(10-24)12-25(29,11-15)13-24/h6-8,15-16,19-20,26,29H,1-5,9-14H2,(H,30,31,32). The third kappa shape index (κ3) is 5.26. The van der Waals surface area contributed by atoms with Crippen LogP contribution >= 0.6 is 0 Å². The number of carbonyl (C=O) groups excluding carboxylic acids is 2. The molecule has 35 heavy (non-hydrogen) atoms. The molecule has 6 rings (SSSR count). The van der Waals surface area contributed by atoms with E-state index in [1.165, 1.54) is 6.07 Å². The van der Waals surface area contributed by atoms with Gasteiger partial charge in [0.25, 0.3) is 10.1 Å². The maximum Gasteiger partial charge on any atom is 0.338 e. The number of hydrogen-bond donors (Lipinski definition) is 3. The van der Waals surface area contributed by atoms with Gasteiger partial charge < -0.3 is 19.7 Å². The number of aliphatic hydroxyl groups excluding tert-OH is 1. The van der Waals surface area contributed by atoms with Gasteiger partial charge in [0.15, 0.2) is 0 Å². The second kappa shape index (κ2) is 8.83. The molecule has 9 nitrogen and oxygen atoms in total. The number of benzene rings is 1. The minimum Gasteiger partial charge on any atom is -0.462 e. The average Bonchev–Trinajstić information content (AvgIpc) is 2.76. The molecule has 1 aromatic rings. The number of ether oxygens (including phenoxy) is 2. The Hall–Kier alpha value is -2.01. The van der Waals surface area contributed by atoms with E-state index in [2.05, 4.69) is 0 Å². The third-order valence-corrected chi connectivity index (χ3v) is 9.09. The summed E-state index contributed by atoms with van der Waals surface area (Å²) in [5, 5.41) is 20.6. The van der Waals surface area contributed by atoms with E-state index in [9.17, 15) is 32.8 Å². The summed E-state index contributed by atoms with van der Waals surface area (Å²) in [5.74, 6) is -0.766. The smallest absolute Gasteiger partial charge is 0.338 e. The van der Waals surface area contributed by atoms with E-state index in [-0.39, 0.29) is 23.1 Å². The van der Waals surface area contributed by atoms with Gasteiger partial charge in [0.2, 0.25) is 0 Å². The van der Waals surface area contributed by atoms with E-state index in [1.54, 1.807) is 0 Å². The van der Waals surface area contributed by atoms with Crippen molar-refractivity contribution >= 4 is 22.1 Å². The zero-order valence-electron chi connectivity index (χ0n) is 19.5. The van der Waals surface area contributed by atoms with Gasteiger partial charge >= 0.3 is 11.9 Å². The minimum absolute atomic E-state index is 0.113. The van der Waals surface area contributed by atoms with Crippen LogP contribution < -0.4 is 0 Å². The highest BCUT2D eigenvalue weighted by atomic mass is 32.2. The number of carbonyl (C=O) groups is 2. The highest BCUT2D eigenvalue weighted by molar-refractivity contribution is 7.85. The Morgan fingerprint density at radius 1 is 0.943 bits per heavy atom. The molecule has 1 aromatic carbocycles. The summed E-state index contributed by atoms with van der Waals surface area (Å²) >= 11 is 0. The molecule has 5 saturated carbocycles. The van der Waals surface area contributed by atoms with E-state index in [0.29, 0.717) is 43.9 Å². The molecule has 4 bridgehead atoms. The summed E-state index contributed by atoms with van der Waals surface area (Å²) in [6.07, 6.45) is 6.16. The zero-order valence-corrected chi connectivity index (χ0v) is 20.3. The first-order valence-electron chi connectivity index (χ1n) is 12.3. The molecular formula is C25H32O9S. The molecule has 2 unspecified atom stereocenters. The van der Waals surface area contributed by atoms with Crippen LogP contribution in [0.5, 0.6) is 0 Å². The lowest BCUT2D eigenvalue weighted by Gasteiger charge is -2.59. The van der Waals surface area contributed by atoms with Gasteiger partial charge in [0.1, 0.15) is 6.10 Å². The van der Waals surface area contributed by atoms with Crippen molar-refractivity contribution in [2.24, 2.45) is 17.3 Å². The molecule has 5 fully saturated rings. The first-order valence-corrected chi connectivity index (χ1v) is 13.8. The highest BCUT2D eigenvalue weighted by Crippen LogP contribution is 2.61. The lowest BCUT2D eigenvalue weighted by atomic mass is 9.48. The lowest BCUT2D eigenvalue weighted by molar-refractivity contribution is -0.175. The van der Waals surface area contributed by atoms with Crippen LogP contribution in [0.15, 0.2) is 23.1 Å². The molecule has 192 valence electrons. The Morgan fingerprint density at radius 2 is 1.54 bits per heavy atom. The summed E-state index contributed by atoms with van der Waals surface area (Å²) in [6, 6.07) is 3.17. The van der Waals surface area contributed by atoms with Gasteiger partial charge in [-0.3, -0.25) is 4.55 Å². The van der Waals surface area contributed by atoms with Gasteiger partial charge in [-0.15, -0.1) is 0 Å². The zero-order chi connectivity index (χ0) is 25.0. The molecule has 0 amide bonds. The summed E-state index contributed by atoms with van der Waals surface area (Å²) in [5.41, 5.74) is -1.34. The Kier molecular flexibility index (Phi) is 6.22. The average molecular weight is 509 g/mol. The molecule has 3 N–H and O–H groups in total. The van der Waals surface area contributed by atoms with Crippen LogP contribution in [0.25, 0.3) is 0 Å². The first-order chi connectivity index (χ1) is 16.4. The topological polar surface area (TPSA) is 147 Å². The molecule has 0 aromatic heterocycles. The van der Waals surface area contributed by atoms with E-state index in [4.69, 9.17) is 9.47 Å². The Labute approximate surface area is 204 Å². The SMILES string of the molecule is O=C(OCC12CC3CC(CC(O)(C3)C1)C2)c1cc(C(=O)OC2CCC(O)CC2)cc(S(=O)(=O)O)c1. The molecule has 5 aliphatic carbocycles. The van der Waals surface area contributed by atoms with Crippen molar-refractivity contribution in [2.75, 3.05) is 6.61 Å². The maximum absolute atomic E-state index is 13.0. The van der Waals surface area contributed by atoms with Crippen molar-refractivity contribution < 1.29 is 42.2 Å². The minimum atomic E-state index is -4.70. The molecule has 0 aliphatic heterocycles. The van der Waals surface area contributed by atoms with Crippen molar-refractivity contribution in [3.05, 3.63) is 29.3 Å². The van der Waals surface area contributed by atoms with Gasteiger partial charge in [-0.2, -0.15) is 8.42 Å². The monoisotopic (exact) mass is 508 g/mol. The van der Waals surface area contributed by atoms with Crippen LogP contribution in [-0.4, -0.2) is 59.5 Å². The Morgan fingerprint density at radius 3 is 2.11 bits per heavy atom. The van der Waals surface area contributed by atoms with Crippen molar-refractivity contribution in [1.82, 2.24) is 0 Å². The molecule has 0 saturated heterocycles. The second-order valence-electron chi connectivity index (χ2n) is 11.3. The molecule has 2 atom stereocenters. The summed E-state index contributed by atoms with van der Waals surface area (Å²) in [6.45, 7) is 0.113. The van der Waals surface area contributed by atoms with E-state index >= 15 is 0 Å². The Bertz CT molecular complexity index is 1110. The fraction of sp³-hybridized carbons (Fsp3) is 0.680. The number of rotatable bonds is 6. The molecular weight excluding hydrogens is 476 g/mol.